The average Bonchev–Trinajstić information content (AvgIpc) is 3.32. The first-order valence-corrected chi connectivity index (χ1v) is 12.0. The predicted molar refractivity (Wildman–Crippen MR) is 142 cm³/mol. The number of carbonyl (C=O) groups is 2. The van der Waals surface area contributed by atoms with E-state index in [9.17, 15) is 14.0 Å². The van der Waals surface area contributed by atoms with Gasteiger partial charge in [0, 0.05) is 24.0 Å². The van der Waals surface area contributed by atoms with Crippen LogP contribution in [0.3, 0.4) is 0 Å². The van der Waals surface area contributed by atoms with Crippen molar-refractivity contribution in [1.29, 1.82) is 0 Å². The Morgan fingerprint density at radius 2 is 1.76 bits per heavy atom. The lowest BCUT2D eigenvalue weighted by Gasteiger charge is -2.20. The van der Waals surface area contributed by atoms with E-state index >= 15 is 0 Å². The Labute approximate surface area is 215 Å². The first kappa shape index (κ1) is 25.6. The second kappa shape index (κ2) is 11.1. The Balaban J connectivity index is 1.63. The van der Waals surface area contributed by atoms with Gasteiger partial charge in [-0.25, -0.2) is 9.37 Å². The summed E-state index contributed by atoms with van der Waals surface area (Å²) in [5, 5.41) is 2.84. The smallest absolute Gasteiger partial charge is 0.257 e. The predicted octanol–water partition coefficient (Wildman–Crippen LogP) is 5.40. The third-order valence-corrected chi connectivity index (χ3v) is 6.22. The van der Waals surface area contributed by atoms with Crippen molar-refractivity contribution in [3.05, 3.63) is 95.4 Å². The molecule has 0 aliphatic heterocycles. The number of carbonyl (C=O) groups excluding carboxylic acids is 2. The summed E-state index contributed by atoms with van der Waals surface area (Å²) < 4.78 is 21.2. The SMILES string of the molecule is CCN(CC(=O)Nc1nc(-c2ccc(OC)cc2)cn1-c1ccc(C)c(C)c1)C(=O)c1ccccc1F. The van der Waals surface area contributed by atoms with Gasteiger partial charge in [0.15, 0.2) is 0 Å². The zero-order chi connectivity index (χ0) is 26.5. The molecule has 7 nitrogen and oxygen atoms in total. The van der Waals surface area contributed by atoms with E-state index in [1.807, 2.05) is 62.5 Å². The highest BCUT2D eigenvalue weighted by Gasteiger charge is 2.22. The van der Waals surface area contributed by atoms with Gasteiger partial charge in [0.1, 0.15) is 18.1 Å². The van der Waals surface area contributed by atoms with Crippen LogP contribution in [0.4, 0.5) is 10.3 Å². The van der Waals surface area contributed by atoms with Crippen LogP contribution in [0.15, 0.2) is 72.9 Å². The third-order valence-electron chi connectivity index (χ3n) is 6.22. The quantitative estimate of drug-likeness (QED) is 0.351. The number of hydrogen-bond donors (Lipinski definition) is 1. The number of benzene rings is 3. The average molecular weight is 501 g/mol. The molecule has 1 heterocycles. The molecule has 4 rings (SSSR count). The van der Waals surface area contributed by atoms with E-state index < -0.39 is 17.6 Å². The molecule has 0 saturated heterocycles. The highest BCUT2D eigenvalue weighted by Crippen LogP contribution is 2.27. The number of aromatic nitrogens is 2. The van der Waals surface area contributed by atoms with Gasteiger partial charge in [0.2, 0.25) is 11.9 Å². The van der Waals surface area contributed by atoms with Crippen LogP contribution in [0.1, 0.15) is 28.4 Å². The van der Waals surface area contributed by atoms with Gasteiger partial charge in [-0.15, -0.1) is 0 Å². The second-order valence-electron chi connectivity index (χ2n) is 8.66. The lowest BCUT2D eigenvalue weighted by Crippen LogP contribution is -2.38. The van der Waals surface area contributed by atoms with E-state index in [2.05, 4.69) is 10.3 Å². The number of nitrogens with one attached hydrogen (secondary N) is 1. The lowest BCUT2D eigenvalue weighted by molar-refractivity contribution is -0.116. The van der Waals surface area contributed by atoms with Crippen LogP contribution < -0.4 is 10.1 Å². The fourth-order valence-corrected chi connectivity index (χ4v) is 3.91. The molecule has 2 amide bonds. The number of aryl methyl sites for hydroxylation is 2. The zero-order valence-corrected chi connectivity index (χ0v) is 21.3. The lowest BCUT2D eigenvalue weighted by atomic mass is 10.1. The molecule has 0 radical (unpaired) electrons. The summed E-state index contributed by atoms with van der Waals surface area (Å²) in [5.41, 5.74) is 4.52. The van der Waals surface area contributed by atoms with Crippen LogP contribution in [-0.4, -0.2) is 46.5 Å². The van der Waals surface area contributed by atoms with Gasteiger partial charge in [0.05, 0.1) is 18.4 Å². The molecular formula is C29H29FN4O3. The molecule has 1 N–H and O–H groups in total. The summed E-state index contributed by atoms with van der Waals surface area (Å²) in [6.45, 7) is 5.78. The number of ether oxygens (including phenoxy) is 1. The highest BCUT2D eigenvalue weighted by molar-refractivity contribution is 5.99. The number of imidazole rings is 1. The molecule has 190 valence electrons. The van der Waals surface area contributed by atoms with Crippen LogP contribution in [0.25, 0.3) is 16.9 Å². The zero-order valence-electron chi connectivity index (χ0n) is 21.3. The van der Waals surface area contributed by atoms with Crippen molar-refractivity contribution < 1.29 is 18.7 Å². The third kappa shape index (κ3) is 5.69. The fourth-order valence-electron chi connectivity index (χ4n) is 3.91. The van der Waals surface area contributed by atoms with Crippen LogP contribution in [0, 0.1) is 19.7 Å². The van der Waals surface area contributed by atoms with Gasteiger partial charge < -0.3 is 9.64 Å². The molecule has 0 atom stereocenters. The van der Waals surface area contributed by atoms with Gasteiger partial charge in [-0.2, -0.15) is 0 Å². The van der Waals surface area contributed by atoms with Crippen LogP contribution in [-0.2, 0) is 4.79 Å². The maximum absolute atomic E-state index is 14.2. The Morgan fingerprint density at radius 1 is 1.03 bits per heavy atom. The maximum Gasteiger partial charge on any atom is 0.257 e. The minimum atomic E-state index is -0.624. The molecule has 37 heavy (non-hydrogen) atoms. The van der Waals surface area contributed by atoms with Crippen molar-refractivity contribution in [2.24, 2.45) is 0 Å². The molecular weight excluding hydrogens is 471 g/mol. The Morgan fingerprint density at radius 3 is 2.41 bits per heavy atom. The summed E-state index contributed by atoms with van der Waals surface area (Å²) in [7, 11) is 1.60. The first-order valence-electron chi connectivity index (χ1n) is 12.0. The topological polar surface area (TPSA) is 76.5 Å². The van der Waals surface area contributed by atoms with Gasteiger partial charge in [-0.05, 0) is 80.4 Å². The van der Waals surface area contributed by atoms with Gasteiger partial charge in [-0.1, -0.05) is 18.2 Å². The number of likely N-dealkylation sites (N-methyl/N-ethyl adjacent to an activating group) is 1. The molecule has 4 aromatic rings. The molecule has 0 spiro atoms. The minimum absolute atomic E-state index is 0.0735. The summed E-state index contributed by atoms with van der Waals surface area (Å²) in [4.78, 5) is 31.9. The second-order valence-corrected chi connectivity index (χ2v) is 8.66. The van der Waals surface area contributed by atoms with Gasteiger partial charge in [0.25, 0.3) is 5.91 Å². The van der Waals surface area contributed by atoms with E-state index in [0.29, 0.717) is 11.6 Å². The highest BCUT2D eigenvalue weighted by atomic mass is 19.1. The number of methoxy groups -OCH3 is 1. The van der Waals surface area contributed by atoms with E-state index in [-0.39, 0.29) is 18.7 Å². The number of hydrogen-bond acceptors (Lipinski definition) is 4. The molecule has 8 heteroatoms. The van der Waals surface area contributed by atoms with Crippen molar-refractivity contribution in [1.82, 2.24) is 14.5 Å². The van der Waals surface area contributed by atoms with Crippen LogP contribution in [0.2, 0.25) is 0 Å². The minimum Gasteiger partial charge on any atom is -0.497 e. The molecule has 0 bridgehead atoms. The molecule has 0 unspecified atom stereocenters. The van der Waals surface area contributed by atoms with Crippen molar-refractivity contribution in [2.45, 2.75) is 20.8 Å². The van der Waals surface area contributed by atoms with Crippen molar-refractivity contribution in [3.8, 4) is 22.7 Å². The van der Waals surface area contributed by atoms with E-state index in [4.69, 9.17) is 4.74 Å². The summed E-state index contributed by atoms with van der Waals surface area (Å²) in [5.74, 6) is -0.574. The van der Waals surface area contributed by atoms with Crippen LogP contribution >= 0.6 is 0 Å². The molecule has 0 aliphatic rings. The monoisotopic (exact) mass is 500 g/mol. The number of halogens is 1. The van der Waals surface area contributed by atoms with Gasteiger partial charge >= 0.3 is 0 Å². The van der Waals surface area contributed by atoms with Crippen molar-refractivity contribution in [3.63, 3.8) is 0 Å². The van der Waals surface area contributed by atoms with Crippen molar-refractivity contribution in [2.75, 3.05) is 25.5 Å². The summed E-state index contributed by atoms with van der Waals surface area (Å²) >= 11 is 0. The normalized spacial score (nSPS) is 10.7. The number of amides is 2. The number of rotatable bonds is 8. The summed E-state index contributed by atoms with van der Waals surface area (Å²) in [6.07, 6.45) is 1.85. The molecule has 1 aromatic heterocycles. The van der Waals surface area contributed by atoms with Crippen LogP contribution in [0.5, 0.6) is 5.75 Å². The fraction of sp³-hybridized carbons (Fsp3) is 0.207. The molecule has 3 aromatic carbocycles. The Kier molecular flexibility index (Phi) is 7.67. The summed E-state index contributed by atoms with van der Waals surface area (Å²) in [6, 6.07) is 19.2. The molecule has 0 fully saturated rings. The largest absolute Gasteiger partial charge is 0.497 e. The van der Waals surface area contributed by atoms with E-state index in [0.717, 1.165) is 28.1 Å². The Hall–Kier alpha value is -4.46. The van der Waals surface area contributed by atoms with E-state index in [1.165, 1.54) is 23.1 Å². The van der Waals surface area contributed by atoms with E-state index in [1.54, 1.807) is 24.7 Å². The molecule has 0 aliphatic carbocycles. The maximum atomic E-state index is 14.2. The standard InChI is InChI=1S/C29H29FN4O3/c1-5-33(28(36)24-8-6-7-9-25(24)30)18-27(35)32-29-31-26(21-11-14-23(37-4)15-12-21)17-34(29)22-13-10-19(2)20(3)16-22/h6-17H,5,18H2,1-4H3,(H,31,32,35). The number of anilines is 1. The molecule has 0 saturated carbocycles. The van der Waals surface area contributed by atoms with Crippen molar-refractivity contribution >= 4 is 17.8 Å². The van der Waals surface area contributed by atoms with Gasteiger partial charge in [-0.3, -0.25) is 19.5 Å². The number of nitrogens with zero attached hydrogens (tertiary/aromatic N) is 3. The Bertz CT molecular complexity index is 1430. The first-order chi connectivity index (χ1) is 17.8.